The molecule has 0 saturated carbocycles. The Labute approximate surface area is 113 Å². The van der Waals surface area contributed by atoms with E-state index in [1.165, 1.54) is 18.2 Å². The van der Waals surface area contributed by atoms with Gasteiger partial charge >= 0.3 is 6.18 Å². The van der Waals surface area contributed by atoms with Gasteiger partial charge in [0.2, 0.25) is 0 Å². The molecule has 0 aliphatic heterocycles. The molecule has 2 aromatic rings. The first kappa shape index (κ1) is 15.4. The minimum atomic E-state index is -4.47. The van der Waals surface area contributed by atoms with Crippen molar-refractivity contribution in [2.24, 2.45) is 0 Å². The van der Waals surface area contributed by atoms with Gasteiger partial charge in [0.15, 0.2) is 0 Å². The summed E-state index contributed by atoms with van der Waals surface area (Å²) >= 11 is 0. The highest BCUT2D eigenvalue weighted by molar-refractivity contribution is 5.41. The summed E-state index contributed by atoms with van der Waals surface area (Å²) in [6.07, 6.45) is -4.47. The maximum absolute atomic E-state index is 11.9. The van der Waals surface area contributed by atoms with E-state index < -0.39 is 17.5 Å². The van der Waals surface area contributed by atoms with Crippen molar-refractivity contribution in [3.05, 3.63) is 59.7 Å². The molecule has 0 aliphatic rings. The molecule has 2 rings (SSSR count). The van der Waals surface area contributed by atoms with Gasteiger partial charge in [-0.1, -0.05) is 24.3 Å². The molecule has 0 aliphatic carbocycles. The van der Waals surface area contributed by atoms with Crippen LogP contribution in [0.1, 0.15) is 11.1 Å². The van der Waals surface area contributed by atoms with Crippen LogP contribution in [-0.2, 0) is 6.18 Å². The lowest BCUT2D eigenvalue weighted by Crippen LogP contribution is -2.04. The van der Waals surface area contributed by atoms with E-state index in [-0.39, 0.29) is 5.75 Å². The van der Waals surface area contributed by atoms with Crippen LogP contribution in [0.4, 0.5) is 13.2 Å². The minimum absolute atomic E-state index is 0.0417. The first-order chi connectivity index (χ1) is 9.36. The quantitative estimate of drug-likeness (QED) is 0.774. The average molecular weight is 281 g/mol. The highest BCUT2D eigenvalue weighted by Crippen LogP contribution is 2.34. The predicted molar refractivity (Wildman–Crippen MR) is 65.9 cm³/mol. The van der Waals surface area contributed by atoms with Crippen LogP contribution in [0.15, 0.2) is 48.5 Å². The molecule has 0 fully saturated rings. The van der Waals surface area contributed by atoms with Gasteiger partial charge in [-0.3, -0.25) is 0 Å². The number of nitrogens with zero attached hydrogens (tertiary/aromatic N) is 1. The maximum Gasteiger partial charge on any atom is 0.419 e. The fourth-order valence-corrected chi connectivity index (χ4v) is 1.28. The topological polar surface area (TPSA) is 64.2 Å². The second kappa shape index (κ2) is 6.48. The third-order valence-corrected chi connectivity index (χ3v) is 2.23. The van der Waals surface area contributed by atoms with E-state index in [1.807, 2.05) is 6.07 Å². The lowest BCUT2D eigenvalue weighted by atomic mass is 10.2. The summed E-state index contributed by atoms with van der Waals surface area (Å²) < 4.78 is 35.7. The first-order valence-corrected chi connectivity index (χ1v) is 5.39. The number of hydrogen-bond donors (Lipinski definition) is 2. The van der Waals surface area contributed by atoms with E-state index in [0.717, 1.165) is 12.1 Å². The van der Waals surface area contributed by atoms with Gasteiger partial charge in [0.25, 0.3) is 0 Å². The van der Waals surface area contributed by atoms with E-state index in [1.54, 1.807) is 18.2 Å². The molecule has 0 radical (unpaired) electrons. The van der Waals surface area contributed by atoms with Crippen LogP contribution < -0.4 is 0 Å². The highest BCUT2D eigenvalue weighted by atomic mass is 19.4. The molecule has 104 valence electrons. The molecule has 0 aromatic heterocycles. The Morgan fingerprint density at radius 2 is 1.35 bits per heavy atom. The van der Waals surface area contributed by atoms with Gasteiger partial charge < -0.3 is 10.2 Å². The summed E-state index contributed by atoms with van der Waals surface area (Å²) in [5.41, 5.74) is -0.683. The molecule has 0 saturated heterocycles. The molecule has 20 heavy (non-hydrogen) atoms. The maximum atomic E-state index is 11.9. The number of para-hydroxylation sites is 2. The van der Waals surface area contributed by atoms with Crippen molar-refractivity contribution in [1.29, 1.82) is 5.26 Å². The molecule has 0 amide bonds. The van der Waals surface area contributed by atoms with Crippen molar-refractivity contribution in [2.75, 3.05) is 0 Å². The summed E-state index contributed by atoms with van der Waals surface area (Å²) in [6.45, 7) is 0. The van der Waals surface area contributed by atoms with Crippen molar-refractivity contribution in [2.45, 2.75) is 6.18 Å². The molecule has 2 aromatic carbocycles. The number of alkyl halides is 3. The van der Waals surface area contributed by atoms with E-state index in [0.29, 0.717) is 5.56 Å². The van der Waals surface area contributed by atoms with Crippen LogP contribution in [0.25, 0.3) is 0 Å². The molecule has 2 N–H and O–H groups in total. The number of phenolic OH excluding ortho intramolecular Hbond substituents is 2. The monoisotopic (exact) mass is 281 g/mol. The van der Waals surface area contributed by atoms with Crippen LogP contribution in [-0.4, -0.2) is 10.2 Å². The number of halogens is 3. The number of benzene rings is 2. The van der Waals surface area contributed by atoms with E-state index in [4.69, 9.17) is 15.5 Å². The zero-order valence-electron chi connectivity index (χ0n) is 10.1. The van der Waals surface area contributed by atoms with Gasteiger partial charge in [0.1, 0.15) is 17.6 Å². The van der Waals surface area contributed by atoms with Crippen molar-refractivity contribution in [3.8, 4) is 17.6 Å². The largest absolute Gasteiger partial charge is 0.507 e. The van der Waals surface area contributed by atoms with Gasteiger partial charge in [0.05, 0.1) is 11.1 Å². The predicted octanol–water partition coefficient (Wildman–Crippen LogP) is 3.67. The summed E-state index contributed by atoms with van der Waals surface area (Å²) in [6, 6.07) is 12.7. The summed E-state index contributed by atoms with van der Waals surface area (Å²) in [5, 5.41) is 25.9. The van der Waals surface area contributed by atoms with Gasteiger partial charge in [-0.2, -0.15) is 18.4 Å². The summed E-state index contributed by atoms with van der Waals surface area (Å²) in [5.74, 6) is -0.694. The lowest BCUT2D eigenvalue weighted by Gasteiger charge is -2.06. The average Bonchev–Trinajstić information content (AvgIpc) is 2.39. The Bertz CT molecular complexity index is 618. The molecular weight excluding hydrogens is 271 g/mol. The Morgan fingerprint density at radius 3 is 1.70 bits per heavy atom. The second-order valence-corrected chi connectivity index (χ2v) is 3.64. The van der Waals surface area contributed by atoms with Crippen LogP contribution in [0.2, 0.25) is 0 Å². The number of aromatic hydroxyl groups is 2. The Balaban J connectivity index is 0.000000204. The van der Waals surface area contributed by atoms with E-state index in [2.05, 4.69) is 0 Å². The smallest absolute Gasteiger partial charge is 0.419 e. The zero-order chi connectivity index (χ0) is 15.2. The van der Waals surface area contributed by atoms with Gasteiger partial charge in [0, 0.05) is 0 Å². The Hall–Kier alpha value is -2.68. The number of phenols is 2. The van der Waals surface area contributed by atoms with Crippen LogP contribution in [0, 0.1) is 11.3 Å². The van der Waals surface area contributed by atoms with Crippen molar-refractivity contribution in [3.63, 3.8) is 0 Å². The Kier molecular flexibility index (Phi) is 4.98. The van der Waals surface area contributed by atoms with E-state index in [9.17, 15) is 13.2 Å². The molecule has 0 heterocycles. The molecule has 0 atom stereocenters. The molecule has 0 unspecified atom stereocenters. The third kappa shape index (κ3) is 4.21. The lowest BCUT2D eigenvalue weighted by molar-refractivity contribution is -0.138. The third-order valence-electron chi connectivity index (χ3n) is 2.23. The van der Waals surface area contributed by atoms with Crippen molar-refractivity contribution in [1.82, 2.24) is 0 Å². The fraction of sp³-hybridized carbons (Fsp3) is 0.0714. The number of rotatable bonds is 0. The Morgan fingerprint density at radius 1 is 0.850 bits per heavy atom. The molecule has 3 nitrogen and oxygen atoms in total. The van der Waals surface area contributed by atoms with Gasteiger partial charge in [-0.05, 0) is 24.3 Å². The summed E-state index contributed by atoms with van der Waals surface area (Å²) in [7, 11) is 0. The van der Waals surface area contributed by atoms with Crippen molar-refractivity contribution >= 4 is 0 Å². The standard InChI is InChI=1S/C7H5F3O.C7H5NO/c8-7(9,10)5-3-1-2-4-6(5)11;8-5-6-3-1-2-4-7(6)9/h1-4,11H;1-4,9H. The van der Waals surface area contributed by atoms with Crippen LogP contribution in [0.5, 0.6) is 11.5 Å². The first-order valence-electron chi connectivity index (χ1n) is 5.39. The van der Waals surface area contributed by atoms with Crippen molar-refractivity contribution < 1.29 is 23.4 Å². The second-order valence-electron chi connectivity index (χ2n) is 3.64. The SMILES string of the molecule is N#Cc1ccccc1O.Oc1ccccc1C(F)(F)F. The summed E-state index contributed by atoms with van der Waals surface area (Å²) in [4.78, 5) is 0. The minimum Gasteiger partial charge on any atom is -0.507 e. The number of hydrogen-bond acceptors (Lipinski definition) is 3. The normalized spacial score (nSPS) is 10.1. The molecular formula is C14H10F3NO2. The number of nitriles is 1. The highest BCUT2D eigenvalue weighted by Gasteiger charge is 2.33. The molecule has 6 heteroatoms. The van der Waals surface area contributed by atoms with Gasteiger partial charge in [-0.15, -0.1) is 0 Å². The zero-order valence-corrected chi connectivity index (χ0v) is 10.1. The van der Waals surface area contributed by atoms with Crippen LogP contribution >= 0.6 is 0 Å². The van der Waals surface area contributed by atoms with Gasteiger partial charge in [-0.25, -0.2) is 0 Å². The van der Waals surface area contributed by atoms with Crippen LogP contribution in [0.3, 0.4) is 0 Å². The van der Waals surface area contributed by atoms with E-state index >= 15 is 0 Å². The molecule has 0 spiro atoms. The fourth-order valence-electron chi connectivity index (χ4n) is 1.28. The molecule has 0 bridgehead atoms.